The van der Waals surface area contributed by atoms with Crippen molar-refractivity contribution in [3.05, 3.63) is 84.2 Å². The maximum absolute atomic E-state index is 13.8. The molecule has 2 atom stereocenters. The van der Waals surface area contributed by atoms with Crippen LogP contribution in [0.15, 0.2) is 72.8 Å². The van der Waals surface area contributed by atoms with Crippen molar-refractivity contribution < 1.29 is 18.7 Å². The molecule has 0 saturated heterocycles. The zero-order valence-corrected chi connectivity index (χ0v) is 20.4. The van der Waals surface area contributed by atoms with Crippen molar-refractivity contribution in [1.29, 1.82) is 0 Å². The van der Waals surface area contributed by atoms with E-state index >= 15 is 0 Å². The minimum Gasteiger partial charge on any atom is -0.497 e. The molecule has 36 heavy (non-hydrogen) atoms. The Hall–Kier alpha value is -4.27. The third-order valence-electron chi connectivity index (χ3n) is 6.11. The molecular weight excluding hydrogens is 461 g/mol. The summed E-state index contributed by atoms with van der Waals surface area (Å²) >= 11 is 0. The monoisotopic (exact) mass is 489 g/mol. The van der Waals surface area contributed by atoms with Crippen LogP contribution < -0.4 is 10.1 Å². The fourth-order valence-corrected chi connectivity index (χ4v) is 4.08. The molecule has 0 aliphatic rings. The molecule has 0 saturated carbocycles. The molecule has 0 bridgehead atoms. The fraction of sp³-hybridized carbons (Fsp3) is 0.259. The van der Waals surface area contributed by atoms with E-state index in [-0.39, 0.29) is 18.5 Å². The second kappa shape index (κ2) is 11.0. The number of methoxy groups -OCH3 is 1. The van der Waals surface area contributed by atoms with Gasteiger partial charge in [0.05, 0.1) is 12.6 Å². The highest BCUT2D eigenvalue weighted by molar-refractivity contribution is 5.98. The van der Waals surface area contributed by atoms with Gasteiger partial charge in [0.25, 0.3) is 5.91 Å². The van der Waals surface area contributed by atoms with Crippen molar-refractivity contribution in [1.82, 2.24) is 19.9 Å². The van der Waals surface area contributed by atoms with Gasteiger partial charge < -0.3 is 15.0 Å². The lowest BCUT2D eigenvalue weighted by Gasteiger charge is -2.36. The van der Waals surface area contributed by atoms with Crippen LogP contribution in [0.1, 0.15) is 31.9 Å². The lowest BCUT2D eigenvalue weighted by molar-refractivity contribution is -0.142. The van der Waals surface area contributed by atoms with Gasteiger partial charge in [-0.3, -0.25) is 9.59 Å². The zero-order chi connectivity index (χ0) is 25.7. The Morgan fingerprint density at radius 1 is 1.08 bits per heavy atom. The van der Waals surface area contributed by atoms with Crippen LogP contribution >= 0.6 is 0 Å². The number of hydrogen-bond acceptors (Lipinski definition) is 5. The Morgan fingerprint density at radius 2 is 1.83 bits per heavy atom. The Bertz CT molecular complexity index is 1360. The van der Waals surface area contributed by atoms with Gasteiger partial charge in [-0.2, -0.15) is 0 Å². The molecule has 0 radical (unpaired) electrons. The quantitative estimate of drug-likeness (QED) is 0.372. The third-order valence-corrected chi connectivity index (χ3v) is 6.11. The zero-order valence-electron chi connectivity index (χ0n) is 20.4. The number of carbonyl (C=O) groups excluding carboxylic acids is 2. The summed E-state index contributed by atoms with van der Waals surface area (Å²) < 4.78 is 20.3. The molecule has 0 fully saturated rings. The average molecular weight is 490 g/mol. The first-order chi connectivity index (χ1) is 17.4. The van der Waals surface area contributed by atoms with Crippen LogP contribution in [0.25, 0.3) is 11.0 Å². The minimum absolute atomic E-state index is 0.0881. The van der Waals surface area contributed by atoms with Crippen molar-refractivity contribution >= 4 is 28.5 Å². The van der Waals surface area contributed by atoms with Crippen LogP contribution in [0.3, 0.4) is 0 Å². The number of fused-ring (bicyclic) bond motifs is 1. The van der Waals surface area contributed by atoms with Gasteiger partial charge >= 0.3 is 0 Å². The van der Waals surface area contributed by atoms with Gasteiger partial charge in [0.15, 0.2) is 0 Å². The summed E-state index contributed by atoms with van der Waals surface area (Å²) in [4.78, 5) is 29.1. The van der Waals surface area contributed by atoms with E-state index in [1.165, 1.54) is 28.9 Å². The molecule has 0 spiro atoms. The molecule has 1 heterocycles. The van der Waals surface area contributed by atoms with Crippen molar-refractivity contribution in [3.8, 4) is 5.75 Å². The Balaban J connectivity index is 1.73. The second-order valence-corrected chi connectivity index (χ2v) is 8.47. The summed E-state index contributed by atoms with van der Waals surface area (Å²) in [5.41, 5.74) is 2.42. The number of anilines is 1. The SMILES string of the molecule is CC[C@@H](C)N(C(=O)Cn1nnc2ccccc21)[C@H](C(=O)Nc1ccc(F)cc1)c1cccc(OC)c1. The number of nitrogens with zero attached hydrogens (tertiary/aromatic N) is 4. The molecule has 4 aromatic rings. The number of amides is 2. The Labute approximate surface area is 208 Å². The summed E-state index contributed by atoms with van der Waals surface area (Å²) in [7, 11) is 1.54. The summed E-state index contributed by atoms with van der Waals surface area (Å²) in [6.07, 6.45) is 0.619. The first-order valence-electron chi connectivity index (χ1n) is 11.7. The van der Waals surface area contributed by atoms with Gasteiger partial charge in [-0.1, -0.05) is 36.4 Å². The van der Waals surface area contributed by atoms with Gasteiger partial charge in [-0.05, 0) is 67.4 Å². The number of rotatable bonds is 9. The minimum atomic E-state index is -0.970. The molecule has 9 heteroatoms. The predicted molar refractivity (Wildman–Crippen MR) is 135 cm³/mol. The molecule has 2 amide bonds. The average Bonchev–Trinajstić information content (AvgIpc) is 3.30. The number of ether oxygens (including phenoxy) is 1. The first kappa shape index (κ1) is 24.8. The molecule has 1 aromatic heterocycles. The highest BCUT2D eigenvalue weighted by Gasteiger charge is 2.35. The highest BCUT2D eigenvalue weighted by Crippen LogP contribution is 2.29. The Morgan fingerprint density at radius 3 is 2.56 bits per heavy atom. The van der Waals surface area contributed by atoms with E-state index in [0.717, 1.165) is 5.52 Å². The van der Waals surface area contributed by atoms with Crippen molar-refractivity contribution in [2.75, 3.05) is 12.4 Å². The van der Waals surface area contributed by atoms with Crippen LogP contribution in [0.4, 0.5) is 10.1 Å². The van der Waals surface area contributed by atoms with Crippen molar-refractivity contribution in [2.24, 2.45) is 0 Å². The molecule has 3 aromatic carbocycles. The van der Waals surface area contributed by atoms with Gasteiger partial charge in [-0.15, -0.1) is 5.10 Å². The van der Waals surface area contributed by atoms with Crippen molar-refractivity contribution in [3.63, 3.8) is 0 Å². The standard InChI is InChI=1S/C27H28FN5O3/c1-4-18(2)33(25(34)17-32-24-11-6-5-10-23(24)30-31-32)26(19-8-7-9-22(16-19)36-3)27(35)29-21-14-12-20(28)13-15-21/h5-16,18,26H,4,17H2,1-3H3,(H,29,35)/t18-,26+/m1/s1. The van der Waals surface area contributed by atoms with E-state index in [9.17, 15) is 14.0 Å². The van der Waals surface area contributed by atoms with E-state index in [2.05, 4.69) is 15.6 Å². The third kappa shape index (κ3) is 5.35. The number of aromatic nitrogens is 3. The molecule has 4 rings (SSSR count). The summed E-state index contributed by atoms with van der Waals surface area (Å²) in [5, 5.41) is 11.1. The molecule has 0 unspecified atom stereocenters. The summed E-state index contributed by atoms with van der Waals surface area (Å²) in [6, 6.07) is 18.7. The normalized spacial score (nSPS) is 12.7. The van der Waals surface area contributed by atoms with E-state index in [0.29, 0.717) is 28.9 Å². The molecular formula is C27H28FN5O3. The number of benzene rings is 3. The number of nitrogens with one attached hydrogen (secondary N) is 1. The fourth-order valence-electron chi connectivity index (χ4n) is 4.08. The van der Waals surface area contributed by atoms with Crippen LogP contribution in [0, 0.1) is 5.82 Å². The number of halogens is 1. The van der Waals surface area contributed by atoms with Crippen molar-refractivity contribution in [2.45, 2.75) is 38.9 Å². The lowest BCUT2D eigenvalue weighted by atomic mass is 10.0. The number of hydrogen-bond donors (Lipinski definition) is 1. The topological polar surface area (TPSA) is 89.4 Å². The summed E-state index contributed by atoms with van der Waals surface area (Å²) in [5.74, 6) is -0.561. The molecule has 1 N–H and O–H groups in total. The van der Waals surface area contributed by atoms with E-state index in [1.807, 2.05) is 38.1 Å². The van der Waals surface area contributed by atoms with Gasteiger partial charge in [0.2, 0.25) is 5.91 Å². The second-order valence-electron chi connectivity index (χ2n) is 8.47. The Kier molecular flexibility index (Phi) is 7.58. The lowest BCUT2D eigenvalue weighted by Crippen LogP contribution is -2.47. The van der Waals surface area contributed by atoms with E-state index < -0.39 is 17.8 Å². The van der Waals surface area contributed by atoms with Crippen LogP contribution in [0.5, 0.6) is 5.75 Å². The molecule has 186 valence electrons. The molecule has 0 aliphatic heterocycles. The van der Waals surface area contributed by atoms with E-state index in [1.54, 1.807) is 36.3 Å². The van der Waals surface area contributed by atoms with Gasteiger partial charge in [0.1, 0.15) is 29.7 Å². The molecule has 0 aliphatic carbocycles. The predicted octanol–water partition coefficient (Wildman–Crippen LogP) is 4.59. The van der Waals surface area contributed by atoms with Crippen LogP contribution in [-0.2, 0) is 16.1 Å². The summed E-state index contributed by atoms with van der Waals surface area (Å²) in [6.45, 7) is 3.77. The van der Waals surface area contributed by atoms with Crippen LogP contribution in [0.2, 0.25) is 0 Å². The maximum Gasteiger partial charge on any atom is 0.251 e. The first-order valence-corrected chi connectivity index (χ1v) is 11.7. The molecule has 8 nitrogen and oxygen atoms in total. The largest absolute Gasteiger partial charge is 0.497 e. The van der Waals surface area contributed by atoms with Gasteiger partial charge in [-0.25, -0.2) is 9.07 Å². The van der Waals surface area contributed by atoms with E-state index in [4.69, 9.17) is 4.74 Å². The van der Waals surface area contributed by atoms with Crippen LogP contribution in [-0.4, -0.2) is 44.9 Å². The highest BCUT2D eigenvalue weighted by atomic mass is 19.1. The number of para-hydroxylation sites is 1. The number of carbonyl (C=O) groups is 2. The van der Waals surface area contributed by atoms with Gasteiger partial charge in [0, 0.05) is 11.7 Å². The maximum atomic E-state index is 13.8. The smallest absolute Gasteiger partial charge is 0.251 e.